The number of anilines is 1. The molecule has 0 atom stereocenters. The van der Waals surface area contributed by atoms with Crippen molar-refractivity contribution in [1.29, 1.82) is 0 Å². The van der Waals surface area contributed by atoms with Gasteiger partial charge in [-0.05, 0) is 31.2 Å². The first-order valence-electron chi connectivity index (χ1n) is 5.89. The van der Waals surface area contributed by atoms with Crippen LogP contribution in [0.4, 0.5) is 14.5 Å². The highest BCUT2D eigenvalue weighted by Crippen LogP contribution is 2.20. The first-order valence-corrected chi connectivity index (χ1v) is 7.43. The minimum absolute atomic E-state index is 0.0469. The highest BCUT2D eigenvalue weighted by atomic mass is 32.2. The molecule has 0 heterocycles. The Bertz CT molecular complexity index is 559. The van der Waals surface area contributed by atoms with Gasteiger partial charge in [-0.3, -0.25) is 4.79 Å². The summed E-state index contributed by atoms with van der Waals surface area (Å²) in [6, 6.07) is 4.85. The number of halogens is 2. The predicted molar refractivity (Wildman–Crippen MR) is 71.4 cm³/mol. The normalized spacial score (nSPS) is 11.4. The maximum absolute atomic E-state index is 12.3. The van der Waals surface area contributed by atoms with Crippen molar-refractivity contribution in [1.82, 2.24) is 4.90 Å². The number of carbonyl (C=O) groups is 1. The van der Waals surface area contributed by atoms with E-state index in [9.17, 15) is 22.0 Å². The first kappa shape index (κ1) is 16.4. The topological polar surface area (TPSA) is 66.5 Å². The highest BCUT2D eigenvalue weighted by Gasteiger charge is 2.26. The molecule has 0 saturated heterocycles. The summed E-state index contributed by atoms with van der Waals surface area (Å²) in [5.74, 6) is -3.57. The van der Waals surface area contributed by atoms with Gasteiger partial charge in [-0.2, -0.15) is 8.78 Å². The molecule has 0 spiro atoms. The Morgan fingerprint density at radius 2 is 1.85 bits per heavy atom. The molecule has 0 aromatic heterocycles. The number of sulfone groups is 1. The van der Waals surface area contributed by atoms with Gasteiger partial charge in [0.2, 0.25) is 15.7 Å². The Balaban J connectivity index is 2.71. The van der Waals surface area contributed by atoms with E-state index in [0.29, 0.717) is 12.2 Å². The summed E-state index contributed by atoms with van der Waals surface area (Å²) >= 11 is 0. The number of hydrogen-bond donors (Lipinski definition) is 1. The van der Waals surface area contributed by atoms with E-state index in [-0.39, 0.29) is 12.5 Å². The SMILES string of the molecule is CCN(C)C(=O)CNc1ccc(S(=O)(=O)C(F)F)cc1. The summed E-state index contributed by atoms with van der Waals surface area (Å²) in [6.45, 7) is 2.46. The highest BCUT2D eigenvalue weighted by molar-refractivity contribution is 7.91. The molecular formula is C12H16F2N2O3S. The number of likely N-dealkylation sites (N-methyl/N-ethyl adjacent to an activating group) is 1. The maximum atomic E-state index is 12.3. The molecule has 0 unspecified atom stereocenters. The molecule has 0 bridgehead atoms. The molecule has 0 aliphatic heterocycles. The summed E-state index contributed by atoms with van der Waals surface area (Å²) in [4.78, 5) is 12.6. The number of alkyl halides is 2. The number of amides is 1. The van der Waals surface area contributed by atoms with E-state index in [4.69, 9.17) is 0 Å². The second-order valence-electron chi connectivity index (χ2n) is 4.09. The molecule has 112 valence electrons. The second kappa shape index (κ2) is 6.65. The van der Waals surface area contributed by atoms with Gasteiger partial charge in [0.25, 0.3) is 0 Å². The number of hydrogen-bond acceptors (Lipinski definition) is 4. The van der Waals surface area contributed by atoms with Gasteiger partial charge in [0.05, 0.1) is 11.4 Å². The number of nitrogens with zero attached hydrogens (tertiary/aromatic N) is 1. The van der Waals surface area contributed by atoms with Crippen LogP contribution in [-0.4, -0.2) is 45.1 Å². The molecule has 1 rings (SSSR count). The number of rotatable bonds is 6. The third-order valence-electron chi connectivity index (χ3n) is 2.76. The molecule has 0 saturated carbocycles. The van der Waals surface area contributed by atoms with Gasteiger partial charge < -0.3 is 10.2 Å². The van der Waals surface area contributed by atoms with E-state index in [1.54, 1.807) is 7.05 Å². The smallest absolute Gasteiger partial charge is 0.341 e. The molecule has 0 aliphatic rings. The Labute approximate surface area is 116 Å². The lowest BCUT2D eigenvalue weighted by Crippen LogP contribution is -2.31. The van der Waals surface area contributed by atoms with E-state index in [1.807, 2.05) is 6.92 Å². The molecule has 1 aromatic rings. The van der Waals surface area contributed by atoms with Crippen molar-refractivity contribution in [2.45, 2.75) is 17.6 Å². The lowest BCUT2D eigenvalue weighted by molar-refractivity contribution is -0.127. The molecular weight excluding hydrogens is 290 g/mol. The van der Waals surface area contributed by atoms with Gasteiger partial charge >= 0.3 is 5.76 Å². The lowest BCUT2D eigenvalue weighted by Gasteiger charge is -2.15. The van der Waals surface area contributed by atoms with Crippen molar-refractivity contribution in [3.05, 3.63) is 24.3 Å². The van der Waals surface area contributed by atoms with Crippen molar-refractivity contribution < 1.29 is 22.0 Å². The summed E-state index contributed by atoms with van der Waals surface area (Å²) in [6.07, 6.45) is 0. The van der Waals surface area contributed by atoms with Crippen molar-refractivity contribution in [2.24, 2.45) is 0 Å². The summed E-state index contributed by atoms with van der Waals surface area (Å²) in [7, 11) is -2.92. The Morgan fingerprint density at radius 3 is 2.30 bits per heavy atom. The van der Waals surface area contributed by atoms with Crippen LogP contribution in [0.15, 0.2) is 29.2 Å². The van der Waals surface area contributed by atoms with Crippen molar-refractivity contribution in [3.63, 3.8) is 0 Å². The van der Waals surface area contributed by atoms with E-state index < -0.39 is 20.5 Å². The van der Waals surface area contributed by atoms with Gasteiger partial charge in [-0.15, -0.1) is 0 Å². The third-order valence-corrected chi connectivity index (χ3v) is 4.16. The van der Waals surface area contributed by atoms with Crippen LogP contribution in [-0.2, 0) is 14.6 Å². The lowest BCUT2D eigenvalue weighted by atomic mass is 10.3. The van der Waals surface area contributed by atoms with Gasteiger partial charge in [0.15, 0.2) is 0 Å². The molecule has 5 nitrogen and oxygen atoms in total. The molecule has 0 fully saturated rings. The quantitative estimate of drug-likeness (QED) is 0.866. The monoisotopic (exact) mass is 306 g/mol. The van der Waals surface area contributed by atoms with E-state index in [1.165, 1.54) is 17.0 Å². The Hall–Kier alpha value is -1.70. The fraction of sp³-hybridized carbons (Fsp3) is 0.417. The van der Waals surface area contributed by atoms with Gasteiger partial charge in [0.1, 0.15) is 0 Å². The average Bonchev–Trinajstić information content (AvgIpc) is 2.44. The molecule has 0 radical (unpaired) electrons. The van der Waals surface area contributed by atoms with Gasteiger partial charge in [-0.1, -0.05) is 0 Å². The van der Waals surface area contributed by atoms with E-state index >= 15 is 0 Å². The maximum Gasteiger partial charge on any atom is 0.341 e. The summed E-state index contributed by atoms with van der Waals surface area (Å²) < 4.78 is 47.1. The van der Waals surface area contributed by atoms with E-state index in [0.717, 1.165) is 12.1 Å². The summed E-state index contributed by atoms with van der Waals surface area (Å²) in [5.41, 5.74) is 0.482. The van der Waals surface area contributed by atoms with Gasteiger partial charge in [0, 0.05) is 19.3 Å². The number of benzene rings is 1. The first-order chi connectivity index (χ1) is 9.28. The fourth-order valence-corrected chi connectivity index (χ4v) is 2.08. The predicted octanol–water partition coefficient (Wildman–Crippen LogP) is 1.57. The van der Waals surface area contributed by atoms with Crippen LogP contribution >= 0.6 is 0 Å². The zero-order valence-corrected chi connectivity index (χ0v) is 12.0. The van der Waals surface area contributed by atoms with Crippen molar-refractivity contribution >= 4 is 21.4 Å². The van der Waals surface area contributed by atoms with Crippen LogP contribution in [0.3, 0.4) is 0 Å². The van der Waals surface area contributed by atoms with Crippen LogP contribution < -0.4 is 5.32 Å². The number of carbonyl (C=O) groups excluding carboxylic acids is 1. The zero-order valence-electron chi connectivity index (χ0n) is 11.1. The minimum Gasteiger partial charge on any atom is -0.376 e. The molecule has 0 aliphatic carbocycles. The molecule has 20 heavy (non-hydrogen) atoms. The van der Waals surface area contributed by atoms with Gasteiger partial charge in [-0.25, -0.2) is 8.42 Å². The minimum atomic E-state index is -4.58. The number of nitrogens with one attached hydrogen (secondary N) is 1. The summed E-state index contributed by atoms with van der Waals surface area (Å²) in [5, 5.41) is 2.79. The Morgan fingerprint density at radius 1 is 1.30 bits per heavy atom. The fourth-order valence-electron chi connectivity index (χ4n) is 1.35. The standard InChI is InChI=1S/C12H16F2N2O3S/c1-3-16(2)11(17)8-15-9-4-6-10(7-5-9)20(18,19)12(13)14/h4-7,12,15H,3,8H2,1-2H3. The largest absolute Gasteiger partial charge is 0.376 e. The molecule has 1 amide bonds. The van der Waals surface area contributed by atoms with Crippen molar-refractivity contribution in [3.8, 4) is 0 Å². The molecule has 1 aromatic carbocycles. The van der Waals surface area contributed by atoms with Crippen LogP contribution in [0.5, 0.6) is 0 Å². The van der Waals surface area contributed by atoms with Crippen LogP contribution in [0.25, 0.3) is 0 Å². The third kappa shape index (κ3) is 3.89. The second-order valence-corrected chi connectivity index (χ2v) is 6.01. The van der Waals surface area contributed by atoms with Crippen molar-refractivity contribution in [2.75, 3.05) is 25.5 Å². The van der Waals surface area contributed by atoms with Crippen LogP contribution in [0, 0.1) is 0 Å². The average molecular weight is 306 g/mol. The van der Waals surface area contributed by atoms with E-state index in [2.05, 4.69) is 5.32 Å². The molecule has 1 N–H and O–H groups in total. The zero-order chi connectivity index (χ0) is 15.3. The van der Waals surface area contributed by atoms with Crippen LogP contribution in [0.1, 0.15) is 6.92 Å². The van der Waals surface area contributed by atoms with Crippen LogP contribution in [0.2, 0.25) is 0 Å². The molecule has 8 heteroatoms. The Kier molecular flexibility index (Phi) is 5.43.